The zero-order valence-corrected chi connectivity index (χ0v) is 18.7. The fraction of sp³-hybridized carbons (Fsp3) is 0.500. The normalized spacial score (nSPS) is 18.2. The molecule has 2 fully saturated rings. The average molecular weight is 432 g/mol. The van der Waals surface area contributed by atoms with Gasteiger partial charge in [0.15, 0.2) is 0 Å². The smallest absolute Gasteiger partial charge is 0.231 e. The molecule has 0 unspecified atom stereocenters. The highest BCUT2D eigenvalue weighted by molar-refractivity contribution is 5.94. The largest absolute Gasteiger partial charge is 0.317 e. The lowest BCUT2D eigenvalue weighted by atomic mass is 9.92. The van der Waals surface area contributed by atoms with Gasteiger partial charge in [-0.2, -0.15) is 5.26 Å². The quantitative estimate of drug-likeness (QED) is 0.725. The first-order valence-electron chi connectivity index (χ1n) is 11.9. The van der Waals surface area contributed by atoms with Gasteiger partial charge in [-0.05, 0) is 81.9 Å². The number of pyridine rings is 1. The molecule has 6 heteroatoms. The molecular formula is C26H33N5O. The Bertz CT molecular complexity index is 911. The molecular weight excluding hydrogens is 398 g/mol. The van der Waals surface area contributed by atoms with Crippen molar-refractivity contribution in [3.8, 4) is 6.07 Å². The SMILES string of the molecule is N#Cc1ccnc(N(CCC2CCN(Cc3ccccc3)CC2)C(=O)C2CCNCC2)c1. The van der Waals surface area contributed by atoms with E-state index in [-0.39, 0.29) is 11.8 Å². The summed E-state index contributed by atoms with van der Waals surface area (Å²) >= 11 is 0. The van der Waals surface area contributed by atoms with E-state index in [1.54, 1.807) is 18.3 Å². The monoisotopic (exact) mass is 431 g/mol. The predicted molar refractivity (Wildman–Crippen MR) is 126 cm³/mol. The van der Waals surface area contributed by atoms with E-state index in [9.17, 15) is 10.1 Å². The Hall–Kier alpha value is -2.75. The molecule has 168 valence electrons. The number of nitrogens with zero attached hydrogens (tertiary/aromatic N) is 4. The van der Waals surface area contributed by atoms with Crippen LogP contribution < -0.4 is 10.2 Å². The van der Waals surface area contributed by atoms with E-state index in [0.29, 0.717) is 23.8 Å². The average Bonchev–Trinajstić information content (AvgIpc) is 2.86. The summed E-state index contributed by atoms with van der Waals surface area (Å²) in [6.07, 6.45) is 6.67. The molecule has 0 atom stereocenters. The third-order valence-electron chi connectivity index (χ3n) is 6.82. The maximum atomic E-state index is 13.4. The number of rotatable bonds is 7. The lowest BCUT2D eigenvalue weighted by molar-refractivity contribution is -0.123. The van der Waals surface area contributed by atoms with Crippen LogP contribution in [0.3, 0.4) is 0 Å². The maximum absolute atomic E-state index is 13.4. The third kappa shape index (κ3) is 5.93. The van der Waals surface area contributed by atoms with Crippen LogP contribution in [0.1, 0.15) is 43.2 Å². The van der Waals surface area contributed by atoms with E-state index >= 15 is 0 Å². The van der Waals surface area contributed by atoms with E-state index in [2.05, 4.69) is 51.6 Å². The molecule has 0 aliphatic carbocycles. The molecule has 0 radical (unpaired) electrons. The van der Waals surface area contributed by atoms with Gasteiger partial charge in [0.2, 0.25) is 5.91 Å². The molecule has 2 aliphatic heterocycles. The number of carbonyl (C=O) groups is 1. The van der Waals surface area contributed by atoms with Gasteiger partial charge in [-0.3, -0.25) is 14.6 Å². The van der Waals surface area contributed by atoms with Crippen molar-refractivity contribution >= 4 is 11.7 Å². The van der Waals surface area contributed by atoms with Crippen molar-refractivity contribution in [2.45, 2.75) is 38.6 Å². The van der Waals surface area contributed by atoms with Crippen molar-refractivity contribution in [1.29, 1.82) is 5.26 Å². The minimum atomic E-state index is 0.0384. The summed E-state index contributed by atoms with van der Waals surface area (Å²) in [7, 11) is 0. The number of benzene rings is 1. The van der Waals surface area contributed by atoms with Crippen LogP contribution in [0.15, 0.2) is 48.7 Å². The standard InChI is InChI=1S/C26H33N5O/c27-19-23-6-14-29-25(18-23)31(26(32)24-7-12-28-13-8-24)17-11-21-9-15-30(16-10-21)20-22-4-2-1-3-5-22/h1-6,14,18,21,24,28H,7-13,15-17,20H2. The van der Waals surface area contributed by atoms with Crippen molar-refractivity contribution in [3.63, 3.8) is 0 Å². The summed E-state index contributed by atoms with van der Waals surface area (Å²) < 4.78 is 0. The zero-order valence-electron chi connectivity index (χ0n) is 18.7. The molecule has 0 saturated carbocycles. The minimum Gasteiger partial charge on any atom is -0.317 e. The molecule has 32 heavy (non-hydrogen) atoms. The van der Waals surface area contributed by atoms with Crippen molar-refractivity contribution in [3.05, 3.63) is 59.8 Å². The molecule has 1 aromatic heterocycles. The lowest BCUT2D eigenvalue weighted by Gasteiger charge is -2.34. The van der Waals surface area contributed by atoms with E-state index in [1.807, 2.05) is 4.90 Å². The number of aromatic nitrogens is 1. The molecule has 1 N–H and O–H groups in total. The number of likely N-dealkylation sites (tertiary alicyclic amines) is 1. The van der Waals surface area contributed by atoms with Crippen LogP contribution in [0.2, 0.25) is 0 Å². The minimum absolute atomic E-state index is 0.0384. The van der Waals surface area contributed by atoms with E-state index in [0.717, 1.165) is 64.8 Å². The number of nitriles is 1. The lowest BCUT2D eigenvalue weighted by Crippen LogP contribution is -2.43. The topological polar surface area (TPSA) is 72.3 Å². The van der Waals surface area contributed by atoms with Gasteiger partial charge < -0.3 is 5.32 Å². The molecule has 2 saturated heterocycles. The Labute approximate surface area is 191 Å². The zero-order chi connectivity index (χ0) is 22.2. The fourth-order valence-electron chi connectivity index (χ4n) is 4.85. The van der Waals surface area contributed by atoms with Gasteiger partial charge in [-0.25, -0.2) is 4.98 Å². The van der Waals surface area contributed by atoms with Crippen LogP contribution in [-0.2, 0) is 11.3 Å². The van der Waals surface area contributed by atoms with Gasteiger partial charge in [0.1, 0.15) is 5.82 Å². The Morgan fingerprint density at radius 1 is 1.12 bits per heavy atom. The first-order valence-corrected chi connectivity index (χ1v) is 11.9. The van der Waals surface area contributed by atoms with Crippen LogP contribution in [0.5, 0.6) is 0 Å². The molecule has 6 nitrogen and oxygen atoms in total. The Kier molecular flexibility index (Phi) is 7.87. The molecule has 0 bridgehead atoms. The van der Waals surface area contributed by atoms with E-state index < -0.39 is 0 Å². The highest BCUT2D eigenvalue weighted by Gasteiger charge is 2.29. The molecule has 3 heterocycles. The second kappa shape index (κ2) is 11.2. The number of anilines is 1. The van der Waals surface area contributed by atoms with Crippen molar-refractivity contribution < 1.29 is 4.79 Å². The van der Waals surface area contributed by atoms with Crippen molar-refractivity contribution in [2.24, 2.45) is 11.8 Å². The molecule has 0 spiro atoms. The first kappa shape index (κ1) is 22.4. The summed E-state index contributed by atoms with van der Waals surface area (Å²) in [4.78, 5) is 22.2. The van der Waals surface area contributed by atoms with Gasteiger partial charge in [0.05, 0.1) is 11.6 Å². The molecule has 2 aliphatic rings. The molecule has 4 rings (SSSR count). The van der Waals surface area contributed by atoms with Crippen LogP contribution >= 0.6 is 0 Å². The number of nitrogens with one attached hydrogen (secondary N) is 1. The molecule has 2 aromatic rings. The second-order valence-electron chi connectivity index (χ2n) is 9.02. The van der Waals surface area contributed by atoms with E-state index in [1.165, 1.54) is 5.56 Å². The first-order chi connectivity index (χ1) is 15.7. The number of piperidine rings is 2. The van der Waals surface area contributed by atoms with Crippen LogP contribution in [0, 0.1) is 23.2 Å². The fourth-order valence-corrected chi connectivity index (χ4v) is 4.85. The Morgan fingerprint density at radius 3 is 2.59 bits per heavy atom. The van der Waals surface area contributed by atoms with E-state index in [4.69, 9.17) is 0 Å². The number of hydrogen-bond acceptors (Lipinski definition) is 5. The van der Waals surface area contributed by atoms with Crippen LogP contribution in [-0.4, -0.2) is 48.5 Å². The number of hydrogen-bond donors (Lipinski definition) is 1. The van der Waals surface area contributed by atoms with Gasteiger partial charge in [0, 0.05) is 25.2 Å². The molecule has 1 aromatic carbocycles. The Morgan fingerprint density at radius 2 is 1.88 bits per heavy atom. The highest BCUT2D eigenvalue weighted by Crippen LogP contribution is 2.25. The Balaban J connectivity index is 1.36. The van der Waals surface area contributed by atoms with Crippen LogP contribution in [0.4, 0.5) is 5.82 Å². The second-order valence-corrected chi connectivity index (χ2v) is 9.02. The van der Waals surface area contributed by atoms with Gasteiger partial charge in [0.25, 0.3) is 0 Å². The summed E-state index contributed by atoms with van der Waals surface area (Å²) in [6.45, 7) is 5.66. The van der Waals surface area contributed by atoms with Crippen LogP contribution in [0.25, 0.3) is 0 Å². The highest BCUT2D eigenvalue weighted by atomic mass is 16.2. The van der Waals surface area contributed by atoms with Crippen molar-refractivity contribution in [1.82, 2.24) is 15.2 Å². The third-order valence-corrected chi connectivity index (χ3v) is 6.82. The summed E-state index contributed by atoms with van der Waals surface area (Å²) in [5, 5.41) is 12.6. The summed E-state index contributed by atoms with van der Waals surface area (Å²) in [5.41, 5.74) is 1.92. The number of carbonyl (C=O) groups excluding carboxylic acids is 1. The summed E-state index contributed by atoms with van der Waals surface area (Å²) in [5.74, 6) is 1.44. The van der Waals surface area contributed by atoms with Gasteiger partial charge in [-0.1, -0.05) is 30.3 Å². The van der Waals surface area contributed by atoms with Gasteiger partial charge >= 0.3 is 0 Å². The summed E-state index contributed by atoms with van der Waals surface area (Å²) in [6, 6.07) is 16.3. The van der Waals surface area contributed by atoms with Gasteiger partial charge in [-0.15, -0.1) is 0 Å². The molecule has 1 amide bonds. The number of amides is 1. The van der Waals surface area contributed by atoms with Crippen molar-refractivity contribution in [2.75, 3.05) is 37.6 Å². The maximum Gasteiger partial charge on any atom is 0.231 e. The predicted octanol–water partition coefficient (Wildman–Crippen LogP) is 3.59.